The second-order valence-corrected chi connectivity index (χ2v) is 7.99. The van der Waals surface area contributed by atoms with Crippen LogP contribution < -0.4 is 0 Å². The number of nitrogens with zero attached hydrogens (tertiary/aromatic N) is 2. The lowest BCUT2D eigenvalue weighted by molar-refractivity contribution is -0.132. The van der Waals surface area contributed by atoms with Gasteiger partial charge < -0.3 is 4.90 Å². The van der Waals surface area contributed by atoms with Crippen molar-refractivity contribution in [3.63, 3.8) is 0 Å². The van der Waals surface area contributed by atoms with E-state index < -0.39 is 10.0 Å². The lowest BCUT2D eigenvalue weighted by Gasteiger charge is -2.34. The highest BCUT2D eigenvalue weighted by molar-refractivity contribution is 7.89. The molecule has 23 heavy (non-hydrogen) atoms. The maximum absolute atomic E-state index is 12.6. The zero-order valence-corrected chi connectivity index (χ0v) is 14.9. The monoisotopic (exact) mass is 358 g/mol. The van der Waals surface area contributed by atoms with Gasteiger partial charge in [0.05, 0.1) is 5.02 Å². The smallest absolute Gasteiger partial charge is 0.244 e. The minimum absolute atomic E-state index is 0.119. The summed E-state index contributed by atoms with van der Waals surface area (Å²) in [6.45, 7) is 3.60. The first-order valence-corrected chi connectivity index (χ1v) is 9.81. The summed E-state index contributed by atoms with van der Waals surface area (Å²) in [5.41, 5.74) is 0. The number of sulfonamides is 1. The molecule has 1 fully saturated rings. The van der Waals surface area contributed by atoms with Gasteiger partial charge in [-0.1, -0.05) is 43.5 Å². The molecule has 0 radical (unpaired) electrons. The molecule has 1 amide bonds. The number of benzene rings is 1. The quantitative estimate of drug-likeness (QED) is 0.735. The summed E-state index contributed by atoms with van der Waals surface area (Å²) in [5.74, 6) is 0.119. The van der Waals surface area contributed by atoms with Gasteiger partial charge in [-0.25, -0.2) is 8.42 Å². The van der Waals surface area contributed by atoms with Crippen LogP contribution >= 0.6 is 11.6 Å². The van der Waals surface area contributed by atoms with Crippen molar-refractivity contribution in [2.24, 2.45) is 0 Å². The fourth-order valence-electron chi connectivity index (χ4n) is 2.66. The van der Waals surface area contributed by atoms with Gasteiger partial charge in [0.25, 0.3) is 0 Å². The van der Waals surface area contributed by atoms with E-state index in [4.69, 9.17) is 11.6 Å². The van der Waals surface area contributed by atoms with E-state index in [2.05, 4.69) is 6.92 Å². The average Bonchev–Trinajstić information content (AvgIpc) is 2.55. The Kier molecular flexibility index (Phi) is 6.44. The molecule has 128 valence electrons. The summed E-state index contributed by atoms with van der Waals surface area (Å²) in [7, 11) is -3.60. The molecule has 0 bridgehead atoms. The number of rotatable bonds is 6. The molecule has 1 aliphatic heterocycles. The van der Waals surface area contributed by atoms with Crippen molar-refractivity contribution in [3.05, 3.63) is 29.3 Å². The van der Waals surface area contributed by atoms with E-state index in [0.29, 0.717) is 32.6 Å². The number of hydrogen-bond acceptors (Lipinski definition) is 3. The van der Waals surface area contributed by atoms with Crippen molar-refractivity contribution >= 4 is 27.5 Å². The largest absolute Gasteiger partial charge is 0.340 e. The van der Waals surface area contributed by atoms with E-state index in [-0.39, 0.29) is 15.8 Å². The first kappa shape index (κ1) is 18.2. The summed E-state index contributed by atoms with van der Waals surface area (Å²) < 4.78 is 26.7. The normalized spacial score (nSPS) is 16.5. The fourth-order valence-corrected chi connectivity index (χ4v) is 4.57. The Labute approximate surface area is 143 Å². The van der Waals surface area contributed by atoms with Gasteiger partial charge in [-0.2, -0.15) is 4.31 Å². The summed E-state index contributed by atoms with van der Waals surface area (Å²) in [6, 6.07) is 6.45. The molecular formula is C16H23ClN2O3S. The third kappa shape index (κ3) is 4.46. The van der Waals surface area contributed by atoms with E-state index >= 15 is 0 Å². The Balaban J connectivity index is 1.96. The van der Waals surface area contributed by atoms with Gasteiger partial charge in [-0.15, -0.1) is 0 Å². The lowest BCUT2D eigenvalue weighted by atomic mass is 10.2. The van der Waals surface area contributed by atoms with Crippen molar-refractivity contribution in [2.45, 2.75) is 37.5 Å². The summed E-state index contributed by atoms with van der Waals surface area (Å²) in [5, 5.41) is 0.227. The Hall–Kier alpha value is -1.11. The molecule has 2 rings (SSSR count). The van der Waals surface area contributed by atoms with Gasteiger partial charge in [-0.05, 0) is 18.6 Å². The summed E-state index contributed by atoms with van der Waals surface area (Å²) >= 11 is 6.01. The predicted octanol–water partition coefficient (Wildman–Crippen LogP) is 2.75. The average molecular weight is 359 g/mol. The molecule has 1 aromatic carbocycles. The molecule has 0 atom stereocenters. The molecule has 0 saturated carbocycles. The van der Waals surface area contributed by atoms with Crippen LogP contribution in [-0.2, 0) is 14.8 Å². The molecule has 0 N–H and O–H groups in total. The van der Waals surface area contributed by atoms with Gasteiger partial charge in [0, 0.05) is 32.6 Å². The molecule has 1 heterocycles. The van der Waals surface area contributed by atoms with E-state index in [1.807, 2.05) is 0 Å². The minimum Gasteiger partial charge on any atom is -0.340 e. The number of halogens is 1. The highest BCUT2D eigenvalue weighted by Gasteiger charge is 2.31. The molecule has 7 heteroatoms. The lowest BCUT2D eigenvalue weighted by Crippen LogP contribution is -2.50. The third-order valence-corrected chi connectivity index (χ3v) is 6.44. The van der Waals surface area contributed by atoms with E-state index in [1.54, 1.807) is 23.1 Å². The summed E-state index contributed by atoms with van der Waals surface area (Å²) in [6.07, 6.45) is 3.57. The van der Waals surface area contributed by atoms with Crippen LogP contribution in [0.5, 0.6) is 0 Å². The molecule has 1 aromatic rings. The van der Waals surface area contributed by atoms with Crippen LogP contribution in [0, 0.1) is 0 Å². The Morgan fingerprint density at radius 3 is 2.39 bits per heavy atom. The first-order chi connectivity index (χ1) is 11.0. The van der Waals surface area contributed by atoms with Crippen molar-refractivity contribution in [1.82, 2.24) is 9.21 Å². The first-order valence-electron chi connectivity index (χ1n) is 7.99. The number of hydrogen-bond donors (Lipinski definition) is 0. The van der Waals surface area contributed by atoms with Crippen LogP contribution in [0.25, 0.3) is 0 Å². The third-order valence-electron chi connectivity index (χ3n) is 4.04. The van der Waals surface area contributed by atoms with Crippen LogP contribution in [0.1, 0.15) is 32.6 Å². The number of piperazine rings is 1. The summed E-state index contributed by atoms with van der Waals surface area (Å²) in [4.78, 5) is 14.0. The van der Waals surface area contributed by atoms with Crippen molar-refractivity contribution in [3.8, 4) is 0 Å². The number of amides is 1. The standard InChI is InChI=1S/C16H23ClN2O3S/c1-2-3-4-9-16(20)18-10-12-19(13-11-18)23(21,22)15-8-6-5-7-14(15)17/h5-8H,2-4,9-13H2,1H3. The zero-order chi connectivity index (χ0) is 16.9. The second kappa shape index (κ2) is 8.13. The molecular weight excluding hydrogens is 336 g/mol. The van der Waals surface area contributed by atoms with Crippen molar-refractivity contribution in [1.29, 1.82) is 0 Å². The van der Waals surface area contributed by atoms with Gasteiger partial charge in [0.15, 0.2) is 0 Å². The number of carbonyl (C=O) groups excluding carboxylic acids is 1. The minimum atomic E-state index is -3.60. The maximum atomic E-state index is 12.6. The van der Waals surface area contributed by atoms with Crippen LogP contribution in [0.3, 0.4) is 0 Å². The number of carbonyl (C=O) groups is 1. The Morgan fingerprint density at radius 1 is 1.13 bits per heavy atom. The van der Waals surface area contributed by atoms with E-state index in [1.165, 1.54) is 10.4 Å². The molecule has 5 nitrogen and oxygen atoms in total. The van der Waals surface area contributed by atoms with Gasteiger partial charge in [-0.3, -0.25) is 4.79 Å². The molecule has 1 aliphatic rings. The van der Waals surface area contributed by atoms with Crippen molar-refractivity contribution < 1.29 is 13.2 Å². The van der Waals surface area contributed by atoms with Gasteiger partial charge in [0.1, 0.15) is 4.90 Å². The predicted molar refractivity (Wildman–Crippen MR) is 90.9 cm³/mol. The van der Waals surface area contributed by atoms with Crippen LogP contribution in [0.4, 0.5) is 0 Å². The molecule has 0 unspecified atom stereocenters. The number of unbranched alkanes of at least 4 members (excludes halogenated alkanes) is 2. The second-order valence-electron chi connectivity index (χ2n) is 5.67. The van der Waals surface area contributed by atoms with Crippen LogP contribution in [0.15, 0.2) is 29.2 Å². The fraction of sp³-hybridized carbons (Fsp3) is 0.562. The van der Waals surface area contributed by atoms with Crippen molar-refractivity contribution in [2.75, 3.05) is 26.2 Å². The molecule has 0 aliphatic carbocycles. The molecule has 0 aromatic heterocycles. The highest BCUT2D eigenvalue weighted by Crippen LogP contribution is 2.25. The molecule has 1 saturated heterocycles. The maximum Gasteiger partial charge on any atom is 0.244 e. The van der Waals surface area contributed by atoms with Crippen LogP contribution in [-0.4, -0.2) is 49.7 Å². The molecule has 0 spiro atoms. The van der Waals surface area contributed by atoms with Crippen LogP contribution in [0.2, 0.25) is 5.02 Å². The highest BCUT2D eigenvalue weighted by atomic mass is 35.5. The Bertz CT molecular complexity index is 640. The van der Waals surface area contributed by atoms with E-state index in [9.17, 15) is 13.2 Å². The SMILES string of the molecule is CCCCCC(=O)N1CCN(S(=O)(=O)c2ccccc2Cl)CC1. The topological polar surface area (TPSA) is 57.7 Å². The van der Waals surface area contributed by atoms with Gasteiger partial charge in [0.2, 0.25) is 15.9 Å². The zero-order valence-electron chi connectivity index (χ0n) is 13.4. The Morgan fingerprint density at radius 2 is 1.78 bits per heavy atom. The van der Waals surface area contributed by atoms with Gasteiger partial charge >= 0.3 is 0 Å². The van der Waals surface area contributed by atoms with E-state index in [0.717, 1.165) is 19.3 Å².